The molecule has 2 aromatic heterocycles. The van der Waals surface area contributed by atoms with Crippen LogP contribution in [0.1, 0.15) is 11.1 Å². The molecule has 0 unspecified atom stereocenters. The van der Waals surface area contributed by atoms with Crippen LogP contribution < -0.4 is 10.1 Å². The summed E-state index contributed by atoms with van der Waals surface area (Å²) in [5, 5.41) is 9.22. The van der Waals surface area contributed by atoms with E-state index in [-0.39, 0.29) is 5.91 Å². The fraction of sp³-hybridized carbons (Fsp3) is 0.0417. The maximum atomic E-state index is 12.7. The molecule has 142 valence electrons. The zero-order valence-corrected chi connectivity index (χ0v) is 17.3. The summed E-state index contributed by atoms with van der Waals surface area (Å²) in [5.41, 5.74) is 6.74. The molecule has 1 aliphatic heterocycles. The Labute approximate surface area is 176 Å². The van der Waals surface area contributed by atoms with Gasteiger partial charge in [-0.1, -0.05) is 24.3 Å². The molecule has 0 atom stereocenters. The number of anilines is 1. The van der Waals surface area contributed by atoms with Gasteiger partial charge in [-0.15, -0.1) is 11.3 Å². The highest BCUT2D eigenvalue weighted by Crippen LogP contribution is 2.38. The van der Waals surface area contributed by atoms with Crippen molar-refractivity contribution in [2.45, 2.75) is 0 Å². The van der Waals surface area contributed by atoms with Gasteiger partial charge >= 0.3 is 0 Å². The third kappa shape index (κ3) is 3.28. The Balaban J connectivity index is 1.55. The summed E-state index contributed by atoms with van der Waals surface area (Å²) >= 11 is 3.33. The first-order valence-electron chi connectivity index (χ1n) is 9.15. The van der Waals surface area contributed by atoms with Gasteiger partial charge in [0.1, 0.15) is 5.75 Å². The topological polar surface area (TPSA) is 38.3 Å². The molecule has 0 spiro atoms. The Morgan fingerprint density at radius 2 is 1.90 bits per heavy atom. The second kappa shape index (κ2) is 7.35. The summed E-state index contributed by atoms with van der Waals surface area (Å²) in [6.45, 7) is 0. The normalized spacial score (nSPS) is 14.1. The zero-order valence-electron chi connectivity index (χ0n) is 15.6. The van der Waals surface area contributed by atoms with Crippen LogP contribution >= 0.6 is 22.7 Å². The Morgan fingerprint density at radius 1 is 0.966 bits per heavy atom. The largest absolute Gasteiger partial charge is 0.496 e. The van der Waals surface area contributed by atoms with Crippen molar-refractivity contribution in [3.8, 4) is 27.3 Å². The SMILES string of the molecule is COc1ccc(/C=C2/C(=O)Nc3cc(-c4ccsc4)ccc32)cc1-c1cccs1. The lowest BCUT2D eigenvalue weighted by molar-refractivity contribution is -0.110. The number of methoxy groups -OCH3 is 1. The van der Waals surface area contributed by atoms with Crippen LogP contribution in [0.15, 0.2) is 70.7 Å². The number of hydrogen-bond donors (Lipinski definition) is 1. The Hall–Kier alpha value is -3.15. The lowest BCUT2D eigenvalue weighted by Crippen LogP contribution is -2.03. The van der Waals surface area contributed by atoms with E-state index >= 15 is 0 Å². The van der Waals surface area contributed by atoms with E-state index in [2.05, 4.69) is 40.3 Å². The zero-order chi connectivity index (χ0) is 19.8. The first-order chi connectivity index (χ1) is 14.2. The number of carbonyl (C=O) groups is 1. The van der Waals surface area contributed by atoms with Crippen LogP contribution in [0.4, 0.5) is 5.69 Å². The molecule has 1 amide bonds. The molecule has 0 aliphatic carbocycles. The summed E-state index contributed by atoms with van der Waals surface area (Å²) in [6, 6.07) is 18.3. The summed E-state index contributed by atoms with van der Waals surface area (Å²) in [4.78, 5) is 13.8. The molecule has 0 saturated carbocycles. The maximum absolute atomic E-state index is 12.7. The molecule has 0 bridgehead atoms. The van der Waals surface area contributed by atoms with Crippen molar-refractivity contribution >= 4 is 45.9 Å². The van der Waals surface area contributed by atoms with Gasteiger partial charge in [0.25, 0.3) is 5.91 Å². The van der Waals surface area contributed by atoms with E-state index in [1.54, 1.807) is 29.8 Å². The van der Waals surface area contributed by atoms with Gasteiger partial charge in [-0.2, -0.15) is 11.3 Å². The summed E-state index contributed by atoms with van der Waals surface area (Å²) < 4.78 is 5.53. The van der Waals surface area contributed by atoms with E-state index < -0.39 is 0 Å². The third-order valence-electron chi connectivity index (χ3n) is 4.98. The van der Waals surface area contributed by atoms with Crippen LogP contribution in [0, 0.1) is 0 Å². The average molecular weight is 416 g/mol. The summed E-state index contributed by atoms with van der Waals surface area (Å²) in [5.74, 6) is 0.752. The predicted octanol–water partition coefficient (Wildman–Crippen LogP) is 6.64. The highest BCUT2D eigenvalue weighted by atomic mass is 32.1. The van der Waals surface area contributed by atoms with Gasteiger partial charge in [-0.05, 0) is 69.2 Å². The van der Waals surface area contributed by atoms with Crippen molar-refractivity contribution in [1.29, 1.82) is 0 Å². The van der Waals surface area contributed by atoms with Crippen LogP contribution in [0.25, 0.3) is 33.2 Å². The Bertz CT molecular complexity index is 1220. The van der Waals surface area contributed by atoms with Crippen molar-refractivity contribution in [3.05, 3.63) is 81.9 Å². The Kier molecular flexibility index (Phi) is 4.54. The minimum absolute atomic E-state index is 0.0732. The Morgan fingerprint density at radius 3 is 2.66 bits per heavy atom. The van der Waals surface area contributed by atoms with Crippen molar-refractivity contribution in [1.82, 2.24) is 0 Å². The van der Waals surface area contributed by atoms with Crippen molar-refractivity contribution < 1.29 is 9.53 Å². The molecule has 3 nitrogen and oxygen atoms in total. The van der Waals surface area contributed by atoms with E-state index in [4.69, 9.17) is 4.74 Å². The van der Waals surface area contributed by atoms with E-state index in [0.29, 0.717) is 5.57 Å². The molecule has 0 radical (unpaired) electrons. The molecule has 5 heteroatoms. The number of benzene rings is 2. The summed E-state index contributed by atoms with van der Waals surface area (Å²) in [7, 11) is 1.68. The number of ether oxygens (including phenoxy) is 1. The van der Waals surface area contributed by atoms with Gasteiger partial charge < -0.3 is 10.1 Å². The minimum atomic E-state index is -0.0732. The molecule has 2 aromatic carbocycles. The molecule has 4 aromatic rings. The van der Waals surface area contributed by atoms with Crippen molar-refractivity contribution in [2.24, 2.45) is 0 Å². The fourth-order valence-corrected chi connectivity index (χ4v) is 4.96. The smallest absolute Gasteiger partial charge is 0.256 e. The number of rotatable bonds is 4. The number of hydrogen-bond acceptors (Lipinski definition) is 4. The monoisotopic (exact) mass is 415 g/mol. The van der Waals surface area contributed by atoms with E-state index in [0.717, 1.165) is 38.6 Å². The fourth-order valence-electron chi connectivity index (χ4n) is 3.55. The van der Waals surface area contributed by atoms with Crippen molar-refractivity contribution in [3.63, 3.8) is 0 Å². The van der Waals surface area contributed by atoms with Gasteiger partial charge in [-0.3, -0.25) is 4.79 Å². The molecule has 1 N–H and O–H groups in total. The molecule has 3 heterocycles. The van der Waals surface area contributed by atoms with Gasteiger partial charge in [0.05, 0.1) is 7.11 Å². The van der Waals surface area contributed by atoms with Crippen LogP contribution in [-0.2, 0) is 4.79 Å². The van der Waals surface area contributed by atoms with Crippen molar-refractivity contribution in [2.75, 3.05) is 12.4 Å². The molecule has 0 saturated heterocycles. The van der Waals surface area contributed by atoms with Gasteiger partial charge in [0.15, 0.2) is 0 Å². The predicted molar refractivity (Wildman–Crippen MR) is 123 cm³/mol. The number of carbonyl (C=O) groups excluding carboxylic acids is 1. The molecule has 0 fully saturated rings. The maximum Gasteiger partial charge on any atom is 0.256 e. The first kappa shape index (κ1) is 17.9. The number of nitrogens with one attached hydrogen (secondary N) is 1. The highest BCUT2D eigenvalue weighted by Gasteiger charge is 2.24. The third-order valence-corrected chi connectivity index (χ3v) is 6.56. The van der Waals surface area contributed by atoms with E-state index in [9.17, 15) is 4.79 Å². The molecular formula is C24H17NO2S2. The molecular weight excluding hydrogens is 398 g/mol. The number of fused-ring (bicyclic) bond motifs is 1. The van der Waals surface area contributed by atoms with Crippen LogP contribution in [-0.4, -0.2) is 13.0 Å². The molecule has 29 heavy (non-hydrogen) atoms. The molecule has 1 aliphatic rings. The lowest BCUT2D eigenvalue weighted by atomic mass is 9.99. The van der Waals surface area contributed by atoms with E-state index in [1.807, 2.05) is 41.8 Å². The first-order valence-corrected chi connectivity index (χ1v) is 11.0. The van der Waals surface area contributed by atoms with Crippen LogP contribution in [0.2, 0.25) is 0 Å². The van der Waals surface area contributed by atoms with Gasteiger partial charge in [0.2, 0.25) is 0 Å². The summed E-state index contributed by atoms with van der Waals surface area (Å²) in [6.07, 6.45) is 1.95. The van der Waals surface area contributed by atoms with Gasteiger partial charge in [-0.25, -0.2) is 0 Å². The van der Waals surface area contributed by atoms with Crippen LogP contribution in [0.3, 0.4) is 0 Å². The van der Waals surface area contributed by atoms with Crippen LogP contribution in [0.5, 0.6) is 5.75 Å². The lowest BCUT2D eigenvalue weighted by Gasteiger charge is -2.08. The number of thiophene rings is 2. The highest BCUT2D eigenvalue weighted by molar-refractivity contribution is 7.13. The molecule has 5 rings (SSSR count). The minimum Gasteiger partial charge on any atom is -0.496 e. The van der Waals surface area contributed by atoms with E-state index in [1.165, 1.54) is 5.56 Å². The number of amides is 1. The average Bonchev–Trinajstić information content (AvgIpc) is 3.50. The second-order valence-electron chi connectivity index (χ2n) is 6.72. The quantitative estimate of drug-likeness (QED) is 0.379. The van der Waals surface area contributed by atoms with Gasteiger partial charge in [0, 0.05) is 27.3 Å². The standard InChI is InChI=1S/C24H17NO2S2/c1-27-22-7-4-15(12-20(22)23-3-2-9-29-23)11-19-18-6-5-16(17-8-10-28-14-17)13-21(18)25-24(19)26/h2-14H,1H3,(H,25,26)/b19-11+. The second-order valence-corrected chi connectivity index (χ2v) is 8.45.